The number of aliphatic hydroxyl groups excluding tert-OH is 4. The van der Waals surface area contributed by atoms with E-state index in [0.717, 1.165) is 4.90 Å². The molecule has 0 saturated carbocycles. The van der Waals surface area contributed by atoms with E-state index in [1.54, 1.807) is 20.8 Å². The summed E-state index contributed by atoms with van der Waals surface area (Å²) in [5.74, 6) is 0. The predicted octanol–water partition coefficient (Wildman–Crippen LogP) is -1.32. The number of β-amino-alcohol motifs (C(OH)–C–C–N with tert-alkyl or cyclic N) is 2. The minimum absolute atomic E-state index is 0.204. The molecule has 1 saturated heterocycles. The van der Waals surface area contributed by atoms with Crippen LogP contribution in [0.15, 0.2) is 0 Å². The van der Waals surface area contributed by atoms with Gasteiger partial charge < -0.3 is 30.1 Å². The summed E-state index contributed by atoms with van der Waals surface area (Å²) in [6, 6.07) is 0. The highest BCUT2D eigenvalue weighted by Gasteiger charge is 2.38. The number of hydrogen-bond acceptors (Lipinski definition) is 6. The lowest BCUT2D eigenvalue weighted by Crippen LogP contribution is -2.43. The smallest absolute Gasteiger partial charge is 0.410 e. The van der Waals surface area contributed by atoms with Crippen LogP contribution in [0.3, 0.4) is 0 Å². The van der Waals surface area contributed by atoms with Crippen molar-refractivity contribution >= 4 is 6.09 Å². The van der Waals surface area contributed by atoms with Crippen LogP contribution in [-0.2, 0) is 4.74 Å². The Hall–Kier alpha value is -0.890. The zero-order chi connectivity index (χ0) is 14.1. The van der Waals surface area contributed by atoms with Crippen LogP contribution >= 0.6 is 0 Å². The molecule has 18 heavy (non-hydrogen) atoms. The van der Waals surface area contributed by atoms with Gasteiger partial charge in [0.2, 0.25) is 0 Å². The highest BCUT2D eigenvalue weighted by molar-refractivity contribution is 5.68. The molecule has 0 radical (unpaired) electrons. The van der Waals surface area contributed by atoms with Crippen LogP contribution < -0.4 is 0 Å². The topological polar surface area (TPSA) is 110 Å². The summed E-state index contributed by atoms with van der Waals surface area (Å²) in [7, 11) is 0. The quantitative estimate of drug-likeness (QED) is 0.431. The molecule has 7 heteroatoms. The van der Waals surface area contributed by atoms with Gasteiger partial charge in [0.15, 0.2) is 0 Å². The summed E-state index contributed by atoms with van der Waals surface area (Å²) in [5.41, 5.74) is -0.698. The molecule has 1 rings (SSSR count). The second kappa shape index (κ2) is 5.40. The van der Waals surface area contributed by atoms with Crippen LogP contribution in [0.2, 0.25) is 0 Å². The van der Waals surface area contributed by atoms with E-state index in [-0.39, 0.29) is 13.1 Å². The Kier molecular flexibility index (Phi) is 4.55. The van der Waals surface area contributed by atoms with Gasteiger partial charge in [-0.2, -0.15) is 0 Å². The van der Waals surface area contributed by atoms with E-state index >= 15 is 0 Å². The molecule has 1 fully saturated rings. The Morgan fingerprint density at radius 1 is 1.06 bits per heavy atom. The number of nitrogens with zero attached hydrogens (tertiary/aromatic N) is 1. The van der Waals surface area contributed by atoms with Gasteiger partial charge in [0.1, 0.15) is 30.0 Å². The number of carbonyl (C=O) groups excluding carboxylic acids is 1. The molecule has 0 aliphatic carbocycles. The zero-order valence-corrected chi connectivity index (χ0v) is 10.8. The molecule has 0 bridgehead atoms. The molecule has 0 aromatic rings. The van der Waals surface area contributed by atoms with E-state index in [1.165, 1.54) is 0 Å². The van der Waals surface area contributed by atoms with Crippen molar-refractivity contribution in [1.82, 2.24) is 4.90 Å². The number of rotatable bonds is 0. The molecule has 4 N–H and O–H groups in total. The lowest BCUT2D eigenvalue weighted by atomic mass is 10.1. The van der Waals surface area contributed by atoms with E-state index in [0.29, 0.717) is 0 Å². The summed E-state index contributed by atoms with van der Waals surface area (Å²) >= 11 is 0. The lowest BCUT2D eigenvalue weighted by molar-refractivity contribution is -0.0894. The van der Waals surface area contributed by atoms with Crippen molar-refractivity contribution in [3.05, 3.63) is 0 Å². The van der Waals surface area contributed by atoms with E-state index in [1.807, 2.05) is 0 Å². The number of carbonyl (C=O) groups is 1. The first-order chi connectivity index (χ1) is 8.11. The monoisotopic (exact) mass is 263 g/mol. The zero-order valence-electron chi connectivity index (χ0n) is 10.8. The van der Waals surface area contributed by atoms with Crippen molar-refractivity contribution in [2.75, 3.05) is 13.1 Å². The average molecular weight is 263 g/mol. The normalized spacial score (nSPS) is 34.1. The van der Waals surface area contributed by atoms with Gasteiger partial charge in [-0.1, -0.05) is 0 Å². The van der Waals surface area contributed by atoms with Gasteiger partial charge in [-0.25, -0.2) is 4.79 Å². The SMILES string of the molecule is CC(C)(C)OC(=O)N1C[C@@H](O)[C@@H](O)[C@H](O)[C@H](O)C1. The number of ether oxygens (including phenoxy) is 1. The fourth-order valence-corrected chi connectivity index (χ4v) is 1.67. The summed E-state index contributed by atoms with van der Waals surface area (Å²) in [4.78, 5) is 12.9. The van der Waals surface area contributed by atoms with E-state index in [9.17, 15) is 25.2 Å². The fourth-order valence-electron chi connectivity index (χ4n) is 1.67. The third-order valence-electron chi connectivity index (χ3n) is 2.60. The summed E-state index contributed by atoms with van der Waals surface area (Å²) < 4.78 is 5.10. The third-order valence-corrected chi connectivity index (χ3v) is 2.60. The first-order valence-corrected chi connectivity index (χ1v) is 5.82. The molecule has 106 valence electrons. The van der Waals surface area contributed by atoms with Crippen LogP contribution in [0.25, 0.3) is 0 Å². The van der Waals surface area contributed by atoms with Crippen LogP contribution in [0.5, 0.6) is 0 Å². The highest BCUT2D eigenvalue weighted by atomic mass is 16.6. The number of amides is 1. The molecular formula is C11H21NO6. The predicted molar refractivity (Wildman–Crippen MR) is 61.8 cm³/mol. The van der Waals surface area contributed by atoms with Gasteiger partial charge in [-0.15, -0.1) is 0 Å². The fraction of sp³-hybridized carbons (Fsp3) is 0.909. The first kappa shape index (κ1) is 15.2. The molecule has 0 spiro atoms. The number of hydrogen-bond donors (Lipinski definition) is 4. The van der Waals surface area contributed by atoms with Crippen molar-refractivity contribution in [3.63, 3.8) is 0 Å². The van der Waals surface area contributed by atoms with Crippen molar-refractivity contribution in [2.45, 2.75) is 50.8 Å². The summed E-state index contributed by atoms with van der Waals surface area (Å²) in [5, 5.41) is 38.2. The van der Waals surface area contributed by atoms with E-state index < -0.39 is 36.1 Å². The van der Waals surface area contributed by atoms with Gasteiger partial charge in [0.25, 0.3) is 0 Å². The lowest BCUT2D eigenvalue weighted by Gasteiger charge is -2.27. The van der Waals surface area contributed by atoms with E-state index in [2.05, 4.69) is 0 Å². The maximum atomic E-state index is 11.8. The molecule has 1 aliphatic rings. The average Bonchev–Trinajstić information content (AvgIpc) is 2.30. The first-order valence-electron chi connectivity index (χ1n) is 5.82. The summed E-state index contributed by atoms with van der Waals surface area (Å²) in [6.07, 6.45) is -6.35. The molecule has 0 aromatic heterocycles. The molecule has 1 heterocycles. The number of aliphatic hydroxyl groups is 4. The van der Waals surface area contributed by atoms with Gasteiger partial charge in [-0.05, 0) is 20.8 Å². The van der Waals surface area contributed by atoms with Gasteiger partial charge >= 0.3 is 6.09 Å². The second-order valence-corrected chi connectivity index (χ2v) is 5.50. The maximum absolute atomic E-state index is 11.8. The molecule has 7 nitrogen and oxygen atoms in total. The molecule has 0 aromatic carbocycles. The Bertz CT molecular complexity index is 286. The van der Waals surface area contributed by atoms with Crippen LogP contribution in [-0.4, -0.2) is 74.5 Å². The molecule has 4 atom stereocenters. The molecule has 1 aliphatic heterocycles. The molecule has 1 amide bonds. The third kappa shape index (κ3) is 3.81. The van der Waals surface area contributed by atoms with Gasteiger partial charge in [0, 0.05) is 0 Å². The number of likely N-dealkylation sites (tertiary alicyclic amines) is 1. The van der Waals surface area contributed by atoms with Crippen molar-refractivity contribution in [3.8, 4) is 0 Å². The minimum Gasteiger partial charge on any atom is -0.444 e. The van der Waals surface area contributed by atoms with Crippen molar-refractivity contribution in [2.24, 2.45) is 0 Å². The maximum Gasteiger partial charge on any atom is 0.410 e. The Morgan fingerprint density at radius 2 is 1.44 bits per heavy atom. The Morgan fingerprint density at radius 3 is 1.78 bits per heavy atom. The van der Waals surface area contributed by atoms with Gasteiger partial charge in [-0.3, -0.25) is 0 Å². The molecule has 0 unspecified atom stereocenters. The van der Waals surface area contributed by atoms with Crippen LogP contribution in [0.4, 0.5) is 4.79 Å². The highest BCUT2D eigenvalue weighted by Crippen LogP contribution is 2.16. The van der Waals surface area contributed by atoms with E-state index in [4.69, 9.17) is 4.74 Å². The standard InChI is InChI=1S/C11H21NO6/c1-11(2,3)18-10(17)12-4-6(13)8(15)9(16)7(14)5-12/h6-9,13-16H,4-5H2,1-3H3/t6-,7-,8-,9-/m1/s1. The van der Waals surface area contributed by atoms with Gasteiger partial charge in [0.05, 0.1) is 13.1 Å². The Labute approximate surface area is 106 Å². The summed E-state index contributed by atoms with van der Waals surface area (Å²) in [6.45, 7) is 4.67. The largest absolute Gasteiger partial charge is 0.444 e. The Balaban J connectivity index is 2.75. The minimum atomic E-state index is -1.49. The molecular weight excluding hydrogens is 242 g/mol. The van der Waals surface area contributed by atoms with Crippen LogP contribution in [0.1, 0.15) is 20.8 Å². The van der Waals surface area contributed by atoms with Crippen molar-refractivity contribution < 1.29 is 30.0 Å². The second-order valence-electron chi connectivity index (χ2n) is 5.50. The van der Waals surface area contributed by atoms with Crippen LogP contribution in [0, 0.1) is 0 Å². The van der Waals surface area contributed by atoms with Crippen molar-refractivity contribution in [1.29, 1.82) is 0 Å².